The average molecular weight is 455 g/mol. The summed E-state index contributed by atoms with van der Waals surface area (Å²) in [6, 6.07) is 9.04. The SMILES string of the molecule is CCCCCC[Si](CCCCCC)(CCCCCC)c1cc(C)ccc1S(=O)(=O)O. The van der Waals surface area contributed by atoms with E-state index in [1.54, 1.807) is 6.07 Å². The van der Waals surface area contributed by atoms with E-state index in [9.17, 15) is 13.0 Å². The highest BCUT2D eigenvalue weighted by Gasteiger charge is 2.37. The highest BCUT2D eigenvalue weighted by molar-refractivity contribution is 7.86. The molecule has 0 radical (unpaired) electrons. The Labute approximate surface area is 187 Å². The van der Waals surface area contributed by atoms with Gasteiger partial charge in [0.2, 0.25) is 0 Å². The molecule has 0 unspecified atom stereocenters. The summed E-state index contributed by atoms with van der Waals surface area (Å²) in [5.74, 6) is 0. The van der Waals surface area contributed by atoms with Gasteiger partial charge in [0.1, 0.15) is 0 Å². The minimum Gasteiger partial charge on any atom is -0.282 e. The first-order valence-electron chi connectivity index (χ1n) is 12.4. The molecule has 3 nitrogen and oxygen atoms in total. The summed E-state index contributed by atoms with van der Waals surface area (Å²) in [5.41, 5.74) is 1.10. The summed E-state index contributed by atoms with van der Waals surface area (Å²) in [6.45, 7) is 8.74. The number of hydrogen-bond acceptors (Lipinski definition) is 2. The smallest absolute Gasteiger partial charge is 0.282 e. The summed E-state index contributed by atoms with van der Waals surface area (Å²) in [6.07, 6.45) is 14.6. The Bertz CT molecular complexity index is 669. The first kappa shape index (κ1) is 27.4. The molecular formula is C25H46O3SSi. The van der Waals surface area contributed by atoms with E-state index in [4.69, 9.17) is 0 Å². The Balaban J connectivity index is 3.35. The molecule has 0 fully saturated rings. The monoisotopic (exact) mass is 454 g/mol. The van der Waals surface area contributed by atoms with Gasteiger partial charge in [-0.05, 0) is 18.2 Å². The van der Waals surface area contributed by atoms with Crippen molar-refractivity contribution in [1.82, 2.24) is 0 Å². The first-order chi connectivity index (χ1) is 14.3. The molecule has 0 aliphatic carbocycles. The van der Waals surface area contributed by atoms with Crippen molar-refractivity contribution in [1.29, 1.82) is 0 Å². The summed E-state index contributed by atoms with van der Waals surface area (Å²) < 4.78 is 34.7. The van der Waals surface area contributed by atoms with Crippen molar-refractivity contribution < 1.29 is 13.0 Å². The van der Waals surface area contributed by atoms with Crippen LogP contribution >= 0.6 is 0 Å². The number of hydrogen-bond donors (Lipinski definition) is 1. The largest absolute Gasteiger partial charge is 0.294 e. The highest BCUT2D eigenvalue weighted by Crippen LogP contribution is 2.32. The Morgan fingerprint density at radius 3 is 1.53 bits per heavy atom. The summed E-state index contributed by atoms with van der Waals surface area (Å²) >= 11 is 0. The van der Waals surface area contributed by atoms with E-state index in [2.05, 4.69) is 26.8 Å². The maximum Gasteiger partial charge on any atom is 0.294 e. The lowest BCUT2D eigenvalue weighted by Crippen LogP contribution is -2.49. The van der Waals surface area contributed by atoms with Crippen LogP contribution in [0, 0.1) is 6.92 Å². The predicted molar refractivity (Wildman–Crippen MR) is 133 cm³/mol. The van der Waals surface area contributed by atoms with Crippen molar-refractivity contribution in [3.63, 3.8) is 0 Å². The lowest BCUT2D eigenvalue weighted by Gasteiger charge is -2.34. The van der Waals surface area contributed by atoms with Gasteiger partial charge in [0, 0.05) is 0 Å². The fraction of sp³-hybridized carbons (Fsp3) is 0.760. The third-order valence-corrected chi connectivity index (χ3v) is 13.1. The molecule has 0 aromatic heterocycles. The molecule has 0 heterocycles. The maximum absolute atomic E-state index is 12.3. The van der Waals surface area contributed by atoms with Crippen molar-refractivity contribution in [2.45, 2.75) is 128 Å². The standard InChI is InChI=1S/C25H46O3SSi/c1-5-8-11-14-19-30(20-15-12-9-6-2,21-16-13-10-7-3)25-22-23(4)17-18-24(25)29(26,27)28/h17-18,22H,5-16,19-21H2,1-4H3,(H,26,27,28). The van der Waals surface area contributed by atoms with Gasteiger partial charge in [0.15, 0.2) is 0 Å². The van der Waals surface area contributed by atoms with Gasteiger partial charge in [0.05, 0.1) is 13.0 Å². The fourth-order valence-corrected chi connectivity index (χ4v) is 11.8. The van der Waals surface area contributed by atoms with Crippen LogP contribution in [0.1, 0.15) is 103 Å². The third kappa shape index (κ3) is 9.23. The minimum absolute atomic E-state index is 0.196. The Hall–Kier alpha value is -0.653. The Morgan fingerprint density at radius 1 is 0.733 bits per heavy atom. The van der Waals surface area contributed by atoms with E-state index in [-0.39, 0.29) is 4.90 Å². The highest BCUT2D eigenvalue weighted by atomic mass is 32.2. The second-order valence-corrected chi connectivity index (χ2v) is 15.2. The van der Waals surface area contributed by atoms with Crippen molar-refractivity contribution in [3.8, 4) is 0 Å². The molecule has 0 saturated heterocycles. The molecule has 30 heavy (non-hydrogen) atoms. The molecule has 0 aliphatic heterocycles. The molecule has 5 heteroatoms. The van der Waals surface area contributed by atoms with Crippen LogP contribution < -0.4 is 5.19 Å². The molecule has 174 valence electrons. The molecule has 0 spiro atoms. The third-order valence-electron chi connectivity index (χ3n) is 6.51. The average Bonchev–Trinajstić information content (AvgIpc) is 2.70. The normalized spacial score (nSPS) is 12.4. The van der Waals surface area contributed by atoms with Crippen LogP contribution in [0.5, 0.6) is 0 Å². The van der Waals surface area contributed by atoms with Crippen LogP contribution in [-0.2, 0) is 10.1 Å². The molecule has 1 N–H and O–H groups in total. The van der Waals surface area contributed by atoms with Gasteiger partial charge in [-0.25, -0.2) is 0 Å². The number of rotatable bonds is 17. The van der Waals surface area contributed by atoms with E-state index >= 15 is 0 Å². The van der Waals surface area contributed by atoms with Crippen LogP contribution in [0.15, 0.2) is 23.1 Å². The fourth-order valence-electron chi connectivity index (χ4n) is 4.73. The number of aryl methyl sites for hydroxylation is 1. The molecule has 1 rings (SSSR count). The van der Waals surface area contributed by atoms with Gasteiger partial charge in [-0.1, -0.05) is 134 Å². The second kappa shape index (κ2) is 14.4. The first-order valence-corrected chi connectivity index (χ1v) is 16.5. The Kier molecular flexibility index (Phi) is 13.2. The van der Waals surface area contributed by atoms with E-state index in [1.807, 2.05) is 13.0 Å². The molecule has 0 atom stereocenters. The van der Waals surface area contributed by atoms with Gasteiger partial charge >= 0.3 is 0 Å². The molecule has 0 bridgehead atoms. The second-order valence-electron chi connectivity index (χ2n) is 9.19. The summed E-state index contributed by atoms with van der Waals surface area (Å²) in [7, 11) is -6.25. The zero-order chi connectivity index (χ0) is 22.5. The molecule has 0 amide bonds. The van der Waals surface area contributed by atoms with E-state index in [1.165, 1.54) is 77.0 Å². The van der Waals surface area contributed by atoms with Crippen LogP contribution in [0.3, 0.4) is 0 Å². The van der Waals surface area contributed by atoms with E-state index < -0.39 is 18.2 Å². The lowest BCUT2D eigenvalue weighted by atomic mass is 10.2. The molecule has 0 saturated carbocycles. The molecule has 1 aromatic carbocycles. The Morgan fingerprint density at radius 2 is 1.17 bits per heavy atom. The van der Waals surface area contributed by atoms with Crippen LogP contribution in [-0.4, -0.2) is 21.0 Å². The molecule has 1 aromatic rings. The van der Waals surface area contributed by atoms with Crippen molar-refractivity contribution in [2.75, 3.05) is 0 Å². The summed E-state index contributed by atoms with van der Waals surface area (Å²) in [5, 5.41) is 1.01. The quantitative estimate of drug-likeness (QED) is 0.149. The maximum atomic E-state index is 12.3. The molecular weight excluding hydrogens is 408 g/mol. The van der Waals surface area contributed by atoms with E-state index in [0.717, 1.165) is 28.9 Å². The van der Waals surface area contributed by atoms with Crippen molar-refractivity contribution in [2.24, 2.45) is 0 Å². The lowest BCUT2D eigenvalue weighted by molar-refractivity contribution is 0.483. The topological polar surface area (TPSA) is 54.4 Å². The minimum atomic E-state index is -4.20. The molecule has 0 aliphatic rings. The van der Waals surface area contributed by atoms with Gasteiger partial charge in [-0.2, -0.15) is 8.42 Å². The van der Waals surface area contributed by atoms with Crippen LogP contribution in [0.2, 0.25) is 18.1 Å². The van der Waals surface area contributed by atoms with Gasteiger partial charge < -0.3 is 0 Å². The van der Waals surface area contributed by atoms with Crippen molar-refractivity contribution >= 4 is 23.4 Å². The van der Waals surface area contributed by atoms with Crippen LogP contribution in [0.25, 0.3) is 0 Å². The predicted octanol–water partition coefficient (Wildman–Crippen LogP) is 7.64. The van der Waals surface area contributed by atoms with Crippen LogP contribution in [0.4, 0.5) is 0 Å². The number of benzene rings is 1. The van der Waals surface area contributed by atoms with Gasteiger partial charge in [0.25, 0.3) is 10.1 Å². The zero-order valence-electron chi connectivity index (χ0n) is 20.0. The number of unbranched alkanes of at least 4 members (excludes halogenated alkanes) is 9. The zero-order valence-corrected chi connectivity index (χ0v) is 21.8. The van der Waals surface area contributed by atoms with E-state index in [0.29, 0.717) is 0 Å². The van der Waals surface area contributed by atoms with Gasteiger partial charge in [-0.15, -0.1) is 0 Å². The van der Waals surface area contributed by atoms with Crippen molar-refractivity contribution in [3.05, 3.63) is 23.8 Å². The summed E-state index contributed by atoms with van der Waals surface area (Å²) in [4.78, 5) is 0.196. The van der Waals surface area contributed by atoms with Gasteiger partial charge in [-0.3, -0.25) is 4.55 Å².